The van der Waals surface area contributed by atoms with Crippen LogP contribution in [0.3, 0.4) is 0 Å². The molecule has 0 radical (unpaired) electrons. The zero-order valence-electron chi connectivity index (χ0n) is 16.6. The van der Waals surface area contributed by atoms with E-state index < -0.39 is 0 Å². The predicted molar refractivity (Wildman–Crippen MR) is 109 cm³/mol. The Balaban J connectivity index is 2.13. The van der Waals surface area contributed by atoms with E-state index >= 15 is 0 Å². The van der Waals surface area contributed by atoms with Crippen molar-refractivity contribution in [1.82, 2.24) is 15.1 Å². The van der Waals surface area contributed by atoms with Crippen molar-refractivity contribution in [3.05, 3.63) is 71.3 Å². The van der Waals surface area contributed by atoms with Crippen LogP contribution >= 0.6 is 0 Å². The van der Waals surface area contributed by atoms with Gasteiger partial charge in [-0.15, -0.1) is 0 Å². The second-order valence-corrected chi connectivity index (χ2v) is 7.15. The molecule has 5 nitrogen and oxygen atoms in total. The molecule has 5 heteroatoms. The Morgan fingerprint density at radius 1 is 0.963 bits per heavy atom. The maximum Gasteiger partial charge on any atom is 0.254 e. The standard InChI is InChI=1S/C22H29N3O2/c1-17(2)25(16-18-9-6-5-7-10-18)22(27)20-12-8-11-19(15-20)21(26)23-13-14-24(3)4/h5-12,15,17H,13-14,16H2,1-4H3,(H,23,26). The summed E-state index contributed by atoms with van der Waals surface area (Å²) >= 11 is 0. The summed E-state index contributed by atoms with van der Waals surface area (Å²) < 4.78 is 0. The fraction of sp³-hybridized carbons (Fsp3) is 0.364. The molecule has 0 spiro atoms. The van der Waals surface area contributed by atoms with Gasteiger partial charge in [0.05, 0.1) is 0 Å². The van der Waals surface area contributed by atoms with Gasteiger partial charge in [0, 0.05) is 36.8 Å². The second kappa shape index (κ2) is 9.88. The summed E-state index contributed by atoms with van der Waals surface area (Å²) in [6, 6.07) is 16.9. The fourth-order valence-electron chi connectivity index (χ4n) is 2.72. The minimum atomic E-state index is -0.161. The Morgan fingerprint density at radius 2 is 1.63 bits per heavy atom. The van der Waals surface area contributed by atoms with Crippen LogP contribution in [0.15, 0.2) is 54.6 Å². The van der Waals surface area contributed by atoms with Crippen molar-refractivity contribution in [1.29, 1.82) is 0 Å². The highest BCUT2D eigenvalue weighted by Crippen LogP contribution is 2.15. The van der Waals surface area contributed by atoms with Crippen LogP contribution in [0.5, 0.6) is 0 Å². The molecule has 27 heavy (non-hydrogen) atoms. The van der Waals surface area contributed by atoms with E-state index in [-0.39, 0.29) is 17.9 Å². The quantitative estimate of drug-likeness (QED) is 0.780. The molecule has 0 fully saturated rings. The van der Waals surface area contributed by atoms with Crippen LogP contribution in [0.4, 0.5) is 0 Å². The minimum Gasteiger partial charge on any atom is -0.351 e. The van der Waals surface area contributed by atoms with Gasteiger partial charge in [-0.2, -0.15) is 0 Å². The zero-order valence-corrected chi connectivity index (χ0v) is 16.6. The number of benzene rings is 2. The summed E-state index contributed by atoms with van der Waals surface area (Å²) in [5, 5.41) is 2.88. The van der Waals surface area contributed by atoms with Crippen LogP contribution in [-0.2, 0) is 6.54 Å². The molecule has 0 atom stereocenters. The van der Waals surface area contributed by atoms with Crippen molar-refractivity contribution in [2.45, 2.75) is 26.4 Å². The second-order valence-electron chi connectivity index (χ2n) is 7.15. The molecule has 0 saturated carbocycles. The van der Waals surface area contributed by atoms with Gasteiger partial charge in [0.2, 0.25) is 0 Å². The van der Waals surface area contributed by atoms with E-state index in [0.29, 0.717) is 24.2 Å². The van der Waals surface area contributed by atoms with Gasteiger partial charge < -0.3 is 15.1 Å². The van der Waals surface area contributed by atoms with Gasteiger partial charge in [-0.3, -0.25) is 9.59 Å². The number of hydrogen-bond donors (Lipinski definition) is 1. The molecule has 144 valence electrons. The summed E-state index contributed by atoms with van der Waals surface area (Å²) in [7, 11) is 3.91. The maximum atomic E-state index is 13.1. The van der Waals surface area contributed by atoms with Gasteiger partial charge in [0.25, 0.3) is 11.8 Å². The van der Waals surface area contributed by atoms with E-state index in [4.69, 9.17) is 0 Å². The number of likely N-dealkylation sites (N-methyl/N-ethyl adjacent to an activating group) is 1. The Bertz CT molecular complexity index is 757. The zero-order chi connectivity index (χ0) is 19.8. The van der Waals surface area contributed by atoms with Crippen LogP contribution in [0, 0.1) is 0 Å². The number of carbonyl (C=O) groups excluding carboxylic acids is 2. The number of carbonyl (C=O) groups is 2. The fourth-order valence-corrected chi connectivity index (χ4v) is 2.72. The smallest absolute Gasteiger partial charge is 0.254 e. The topological polar surface area (TPSA) is 52.7 Å². The lowest BCUT2D eigenvalue weighted by molar-refractivity contribution is 0.0690. The summed E-state index contributed by atoms with van der Waals surface area (Å²) in [5.41, 5.74) is 2.11. The van der Waals surface area contributed by atoms with Crippen LogP contribution in [0.2, 0.25) is 0 Å². The van der Waals surface area contributed by atoms with Gasteiger partial charge >= 0.3 is 0 Å². The molecule has 0 aliphatic carbocycles. The van der Waals surface area contributed by atoms with Crippen molar-refractivity contribution >= 4 is 11.8 Å². The highest BCUT2D eigenvalue weighted by molar-refractivity contribution is 5.99. The SMILES string of the molecule is CC(C)N(Cc1ccccc1)C(=O)c1cccc(C(=O)NCCN(C)C)c1. The lowest BCUT2D eigenvalue weighted by Crippen LogP contribution is -2.36. The Morgan fingerprint density at radius 3 is 2.26 bits per heavy atom. The van der Waals surface area contributed by atoms with E-state index in [9.17, 15) is 9.59 Å². The molecule has 0 aromatic heterocycles. The monoisotopic (exact) mass is 367 g/mol. The third-order valence-electron chi connectivity index (χ3n) is 4.30. The summed E-state index contributed by atoms with van der Waals surface area (Å²) in [6.45, 7) is 5.87. The van der Waals surface area contributed by atoms with Gasteiger partial charge in [0.15, 0.2) is 0 Å². The lowest BCUT2D eigenvalue weighted by Gasteiger charge is -2.27. The van der Waals surface area contributed by atoms with Crippen LogP contribution in [0.1, 0.15) is 40.1 Å². The van der Waals surface area contributed by atoms with Gasteiger partial charge in [0.1, 0.15) is 0 Å². The third-order valence-corrected chi connectivity index (χ3v) is 4.30. The van der Waals surface area contributed by atoms with Crippen molar-refractivity contribution in [2.75, 3.05) is 27.2 Å². The maximum absolute atomic E-state index is 13.1. The molecule has 0 unspecified atom stereocenters. The molecule has 0 aliphatic heterocycles. The van der Waals surface area contributed by atoms with Crippen LogP contribution < -0.4 is 5.32 Å². The third kappa shape index (κ3) is 6.22. The Labute approximate surface area is 162 Å². The van der Waals surface area contributed by atoms with E-state index in [1.54, 1.807) is 24.3 Å². The molecule has 1 N–H and O–H groups in total. The normalized spacial score (nSPS) is 10.9. The first-order chi connectivity index (χ1) is 12.9. The average molecular weight is 367 g/mol. The first-order valence-electron chi connectivity index (χ1n) is 9.26. The number of nitrogens with zero attached hydrogens (tertiary/aromatic N) is 2. The average Bonchev–Trinajstić information content (AvgIpc) is 2.66. The number of rotatable bonds is 8. The number of hydrogen-bond acceptors (Lipinski definition) is 3. The van der Waals surface area contributed by atoms with E-state index in [2.05, 4.69) is 5.32 Å². The van der Waals surface area contributed by atoms with Gasteiger partial charge in [-0.1, -0.05) is 36.4 Å². The highest BCUT2D eigenvalue weighted by atomic mass is 16.2. The summed E-state index contributed by atoms with van der Waals surface area (Å²) in [6.07, 6.45) is 0. The molecule has 0 bridgehead atoms. The van der Waals surface area contributed by atoms with Crippen molar-refractivity contribution in [3.8, 4) is 0 Å². The summed E-state index contributed by atoms with van der Waals surface area (Å²) in [4.78, 5) is 29.2. The molecule has 2 amide bonds. The molecule has 0 saturated heterocycles. The van der Waals surface area contributed by atoms with E-state index in [1.807, 2.05) is 68.1 Å². The summed E-state index contributed by atoms with van der Waals surface area (Å²) in [5.74, 6) is -0.234. The highest BCUT2D eigenvalue weighted by Gasteiger charge is 2.20. The predicted octanol–water partition coefficient (Wildman–Crippen LogP) is 3.03. The number of nitrogens with one attached hydrogen (secondary N) is 1. The Kier molecular flexibility index (Phi) is 7.55. The molecule has 0 heterocycles. The van der Waals surface area contributed by atoms with Crippen LogP contribution in [0.25, 0.3) is 0 Å². The van der Waals surface area contributed by atoms with Gasteiger partial charge in [-0.25, -0.2) is 0 Å². The molecule has 2 rings (SSSR count). The molecule has 2 aromatic rings. The van der Waals surface area contributed by atoms with Crippen molar-refractivity contribution < 1.29 is 9.59 Å². The molecule has 0 aliphatic rings. The first kappa shape index (κ1) is 20.6. The van der Waals surface area contributed by atoms with Crippen molar-refractivity contribution in [2.24, 2.45) is 0 Å². The van der Waals surface area contributed by atoms with E-state index in [0.717, 1.165) is 12.1 Å². The molecular formula is C22H29N3O2. The van der Waals surface area contributed by atoms with Crippen molar-refractivity contribution in [3.63, 3.8) is 0 Å². The van der Waals surface area contributed by atoms with E-state index in [1.165, 1.54) is 0 Å². The molecular weight excluding hydrogens is 338 g/mol. The van der Waals surface area contributed by atoms with Gasteiger partial charge in [-0.05, 0) is 51.7 Å². The largest absolute Gasteiger partial charge is 0.351 e. The Hall–Kier alpha value is -2.66. The minimum absolute atomic E-state index is 0.0512. The first-order valence-corrected chi connectivity index (χ1v) is 9.26. The van der Waals surface area contributed by atoms with Crippen LogP contribution in [-0.4, -0.2) is 54.8 Å². The number of amides is 2. The molecule has 2 aromatic carbocycles. The lowest BCUT2D eigenvalue weighted by atomic mass is 10.1.